The fraction of sp³-hybridized carbons (Fsp3) is 0.278. The van der Waals surface area contributed by atoms with E-state index in [4.69, 9.17) is 25.4 Å². The van der Waals surface area contributed by atoms with Crippen LogP contribution in [0.5, 0.6) is 23.0 Å². The number of nitrogens with zero attached hydrogens (tertiary/aromatic N) is 3. The van der Waals surface area contributed by atoms with Crippen molar-refractivity contribution in [2.75, 3.05) is 43.5 Å². The summed E-state index contributed by atoms with van der Waals surface area (Å²) in [5.74, 6) is 2.66. The summed E-state index contributed by atoms with van der Waals surface area (Å²) in [4.78, 5) is 30.2. The Morgan fingerprint density at radius 1 is 0.896 bits per heavy atom. The second kappa shape index (κ2) is 16.4. The van der Waals surface area contributed by atoms with Crippen LogP contribution in [0.25, 0.3) is 16.5 Å². The Balaban J connectivity index is 0.00000174. The van der Waals surface area contributed by atoms with E-state index in [1.54, 1.807) is 61.5 Å². The number of halogens is 1. The topological polar surface area (TPSA) is 126 Å². The van der Waals surface area contributed by atoms with Crippen molar-refractivity contribution in [3.8, 4) is 28.7 Å². The third-order valence-electron chi connectivity index (χ3n) is 7.16. The first kappa shape index (κ1) is 34.6. The zero-order valence-corrected chi connectivity index (χ0v) is 30.0. The summed E-state index contributed by atoms with van der Waals surface area (Å²) in [5.41, 5.74) is 2.40. The number of alkyl halides is 1. The monoisotopic (exact) mass is 766 g/mol. The lowest BCUT2D eigenvalue weighted by Crippen LogP contribution is -2.21. The molecule has 252 valence electrons. The fourth-order valence-electron chi connectivity index (χ4n) is 4.89. The van der Waals surface area contributed by atoms with Crippen molar-refractivity contribution in [2.24, 2.45) is 0 Å². The molecule has 0 radical (unpaired) electrons. The van der Waals surface area contributed by atoms with Gasteiger partial charge >= 0.3 is 6.03 Å². The molecule has 0 aliphatic heterocycles. The van der Waals surface area contributed by atoms with E-state index < -0.39 is 6.03 Å². The molecule has 2 amide bonds. The van der Waals surface area contributed by atoms with E-state index in [9.17, 15) is 9.59 Å². The molecule has 2 N–H and O–H groups in total. The van der Waals surface area contributed by atoms with Gasteiger partial charge in [0, 0.05) is 49.1 Å². The SMILES string of the molecule is COCC(=O)Cc1cc(Oc2ccc(NC(=O)Nc3cc(C(C)(C)C)nn3-c3ccc(OC)c(OC)c3)c3ccccc23)ccn1.[2H]CI. The molecular formula is C36H40IN5O6. The van der Waals surface area contributed by atoms with Crippen molar-refractivity contribution in [1.29, 1.82) is 0 Å². The van der Waals surface area contributed by atoms with E-state index in [2.05, 4.69) is 36.4 Å². The summed E-state index contributed by atoms with van der Waals surface area (Å²) in [6.07, 6.45) is 1.75. The van der Waals surface area contributed by atoms with Gasteiger partial charge in [0.25, 0.3) is 0 Å². The number of carbonyl (C=O) groups excluding carboxylic acids is 2. The van der Waals surface area contributed by atoms with E-state index >= 15 is 0 Å². The third kappa shape index (κ3) is 8.81. The first-order chi connectivity index (χ1) is 23.5. The number of benzene rings is 3. The lowest BCUT2D eigenvalue weighted by molar-refractivity contribution is -0.122. The Hall–Kier alpha value is -4.69. The van der Waals surface area contributed by atoms with Crippen LogP contribution < -0.4 is 24.8 Å². The summed E-state index contributed by atoms with van der Waals surface area (Å²) in [6, 6.07) is 21.5. The lowest BCUT2D eigenvalue weighted by atomic mass is 9.92. The van der Waals surface area contributed by atoms with Crippen LogP contribution in [0.4, 0.5) is 16.3 Å². The van der Waals surface area contributed by atoms with Gasteiger partial charge < -0.3 is 24.3 Å². The van der Waals surface area contributed by atoms with Gasteiger partial charge in [-0.2, -0.15) is 5.10 Å². The average Bonchev–Trinajstić information content (AvgIpc) is 3.50. The maximum absolute atomic E-state index is 13.5. The van der Waals surface area contributed by atoms with Crippen LogP contribution in [0, 0.1) is 0 Å². The largest absolute Gasteiger partial charge is 0.493 e. The van der Waals surface area contributed by atoms with Crippen molar-refractivity contribution in [2.45, 2.75) is 32.6 Å². The molecule has 0 saturated carbocycles. The number of aromatic nitrogens is 3. The van der Waals surface area contributed by atoms with Crippen molar-refractivity contribution in [3.63, 3.8) is 0 Å². The van der Waals surface area contributed by atoms with Gasteiger partial charge in [-0.05, 0) is 35.2 Å². The number of fused-ring (bicyclic) bond motifs is 1. The van der Waals surface area contributed by atoms with Gasteiger partial charge in [-0.15, -0.1) is 0 Å². The van der Waals surface area contributed by atoms with Crippen molar-refractivity contribution < 1.29 is 29.9 Å². The minimum absolute atomic E-state index is 0.0236. The molecule has 0 unspecified atom stereocenters. The van der Waals surface area contributed by atoms with E-state index in [1.807, 2.05) is 59.0 Å². The van der Waals surface area contributed by atoms with E-state index in [0.717, 1.165) is 16.5 Å². The molecule has 5 rings (SSSR count). The van der Waals surface area contributed by atoms with Crippen molar-refractivity contribution in [3.05, 3.63) is 90.4 Å². The predicted molar refractivity (Wildman–Crippen MR) is 197 cm³/mol. The number of hydrogen-bond acceptors (Lipinski definition) is 8. The molecule has 0 saturated heterocycles. The highest BCUT2D eigenvalue weighted by Crippen LogP contribution is 2.35. The first-order valence-corrected chi connectivity index (χ1v) is 16.4. The molecule has 0 bridgehead atoms. The maximum Gasteiger partial charge on any atom is 0.324 e. The van der Waals surface area contributed by atoms with E-state index in [1.165, 1.54) is 7.11 Å². The van der Waals surface area contributed by atoms with Gasteiger partial charge in [-0.3, -0.25) is 15.1 Å². The predicted octanol–water partition coefficient (Wildman–Crippen LogP) is 7.98. The molecule has 2 aromatic heterocycles. The Bertz CT molecular complexity index is 1910. The van der Waals surface area contributed by atoms with Gasteiger partial charge in [-0.25, -0.2) is 9.48 Å². The lowest BCUT2D eigenvalue weighted by Gasteiger charge is -2.15. The highest BCUT2D eigenvalue weighted by Gasteiger charge is 2.22. The number of anilines is 2. The molecule has 48 heavy (non-hydrogen) atoms. The number of ketones is 1. The Morgan fingerprint density at radius 3 is 2.29 bits per heavy atom. The molecule has 0 aliphatic carbocycles. The highest BCUT2D eigenvalue weighted by atomic mass is 127. The summed E-state index contributed by atoms with van der Waals surface area (Å²) in [6.45, 7) is 6.19. The molecule has 3 aromatic carbocycles. The zero-order valence-electron chi connectivity index (χ0n) is 28.8. The van der Waals surface area contributed by atoms with E-state index in [-0.39, 0.29) is 24.2 Å². The molecule has 0 atom stereocenters. The van der Waals surface area contributed by atoms with Gasteiger partial charge in [0.05, 0.1) is 43.4 Å². The summed E-state index contributed by atoms with van der Waals surface area (Å²) in [7, 11) is 4.63. The third-order valence-corrected chi connectivity index (χ3v) is 7.16. The van der Waals surface area contributed by atoms with Crippen LogP contribution >= 0.6 is 22.6 Å². The minimum atomic E-state index is -0.444. The molecule has 0 fully saturated rings. The van der Waals surface area contributed by atoms with Crippen molar-refractivity contribution in [1.82, 2.24) is 14.8 Å². The summed E-state index contributed by atoms with van der Waals surface area (Å²) in [5, 5.41) is 12.3. The smallest absolute Gasteiger partial charge is 0.324 e. The second-order valence-electron chi connectivity index (χ2n) is 11.6. The molecule has 5 aromatic rings. The molecule has 12 heteroatoms. The summed E-state index contributed by atoms with van der Waals surface area (Å²) < 4.78 is 29.9. The number of urea groups is 1. The number of ether oxygens (including phenoxy) is 4. The van der Waals surface area contributed by atoms with Gasteiger partial charge in [0.2, 0.25) is 0 Å². The van der Waals surface area contributed by atoms with Crippen LogP contribution in [0.15, 0.2) is 79.0 Å². The molecule has 11 nitrogen and oxygen atoms in total. The molecule has 2 heterocycles. The zero-order chi connectivity index (χ0) is 35.6. The standard InChI is InChI=1S/C35H37N5O6.CH3I/c1-35(2,3)32-20-33(40(39-32)23-11-13-30(44-5)31(19-23)45-6)38-34(42)37-28-12-14-29(27-10-8-7-9-26(27)28)46-25-15-16-36-22(18-25)17-24(41)21-43-4;1-2/h7-16,18-20H,17,21H2,1-6H3,(H2,37,38,42);1H3/i;1D. The minimum Gasteiger partial charge on any atom is -0.493 e. The van der Waals surface area contributed by atoms with E-state index in [0.29, 0.717) is 50.8 Å². The van der Waals surface area contributed by atoms with Crippen LogP contribution in [0.1, 0.15) is 33.5 Å². The van der Waals surface area contributed by atoms with Crippen LogP contribution in [0.3, 0.4) is 0 Å². The number of amides is 2. The Morgan fingerprint density at radius 2 is 1.60 bits per heavy atom. The normalized spacial score (nSPS) is 11.2. The highest BCUT2D eigenvalue weighted by molar-refractivity contribution is 14.1. The van der Waals surface area contributed by atoms with Crippen LogP contribution in [0.2, 0.25) is 0 Å². The fourth-order valence-corrected chi connectivity index (χ4v) is 4.89. The Labute approximate surface area is 295 Å². The summed E-state index contributed by atoms with van der Waals surface area (Å²) >= 11 is 1.96. The van der Waals surface area contributed by atoms with Gasteiger partial charge in [0.1, 0.15) is 23.9 Å². The first-order valence-electron chi connectivity index (χ1n) is 15.6. The quantitative estimate of drug-likeness (QED) is 0.102. The molecule has 0 spiro atoms. The number of pyridine rings is 1. The number of nitrogens with one attached hydrogen (secondary N) is 2. The molecule has 0 aliphatic rings. The van der Waals surface area contributed by atoms with Gasteiger partial charge in [0.15, 0.2) is 17.3 Å². The number of carbonyl (C=O) groups is 2. The van der Waals surface area contributed by atoms with Crippen LogP contribution in [-0.2, 0) is 21.4 Å². The van der Waals surface area contributed by atoms with Gasteiger partial charge in [-0.1, -0.05) is 67.6 Å². The maximum atomic E-state index is 13.5. The van der Waals surface area contributed by atoms with Crippen molar-refractivity contribution >= 4 is 56.7 Å². The average molecular weight is 767 g/mol. The van der Waals surface area contributed by atoms with Crippen LogP contribution in [-0.4, -0.2) is 59.4 Å². The number of methoxy groups -OCH3 is 3. The molecular weight excluding hydrogens is 725 g/mol. The number of rotatable bonds is 11. The number of Topliss-reactive ketones (excluding diaryl/α,β-unsaturated/α-hetero) is 1. The number of hydrogen-bond donors (Lipinski definition) is 2. The second-order valence-corrected chi connectivity index (χ2v) is 11.6. The Kier molecular flexibility index (Phi) is 11.9.